The molecule has 26 heavy (non-hydrogen) atoms. The first-order chi connectivity index (χ1) is 12.5. The first-order valence-electron chi connectivity index (χ1n) is 8.78. The molecule has 0 bridgehead atoms. The highest BCUT2D eigenvalue weighted by atomic mass is 19.1. The lowest BCUT2D eigenvalue weighted by Gasteiger charge is -2.32. The third kappa shape index (κ3) is 3.76. The molecule has 1 aromatic heterocycles. The molecule has 2 heterocycles. The topological polar surface area (TPSA) is 75.4 Å². The molecule has 1 atom stereocenters. The summed E-state index contributed by atoms with van der Waals surface area (Å²) in [6, 6.07) is 6.30. The van der Waals surface area contributed by atoms with E-state index >= 15 is 0 Å². The zero-order chi connectivity index (χ0) is 18.7. The number of aliphatic carboxylic acids is 1. The van der Waals surface area contributed by atoms with Crippen LogP contribution in [0.15, 0.2) is 30.5 Å². The summed E-state index contributed by atoms with van der Waals surface area (Å²) in [6.07, 6.45) is 3.97. The first kappa shape index (κ1) is 18.1. The van der Waals surface area contributed by atoms with Gasteiger partial charge in [0.2, 0.25) is 0 Å². The SMILES string of the molecule is Cc1c(C(=O)N2CCC[C@H](CCC(=O)O)C2)cnn1-c1ccccc1F. The van der Waals surface area contributed by atoms with Crippen molar-refractivity contribution in [2.75, 3.05) is 13.1 Å². The van der Waals surface area contributed by atoms with Gasteiger partial charge >= 0.3 is 5.97 Å². The van der Waals surface area contributed by atoms with Crippen molar-refractivity contribution >= 4 is 11.9 Å². The Balaban J connectivity index is 1.76. The molecule has 1 N–H and O–H groups in total. The summed E-state index contributed by atoms with van der Waals surface area (Å²) in [4.78, 5) is 25.4. The quantitative estimate of drug-likeness (QED) is 0.890. The highest BCUT2D eigenvalue weighted by molar-refractivity contribution is 5.95. The molecule has 1 fully saturated rings. The van der Waals surface area contributed by atoms with Gasteiger partial charge in [-0.05, 0) is 44.2 Å². The molecule has 0 unspecified atom stereocenters. The van der Waals surface area contributed by atoms with Crippen molar-refractivity contribution in [1.29, 1.82) is 0 Å². The largest absolute Gasteiger partial charge is 0.481 e. The summed E-state index contributed by atoms with van der Waals surface area (Å²) in [5, 5.41) is 13.0. The van der Waals surface area contributed by atoms with Crippen LogP contribution < -0.4 is 0 Å². The van der Waals surface area contributed by atoms with E-state index in [0.29, 0.717) is 36.5 Å². The molecular formula is C19H22FN3O3. The van der Waals surface area contributed by atoms with E-state index in [2.05, 4.69) is 5.10 Å². The van der Waals surface area contributed by atoms with Crippen LogP contribution in [-0.2, 0) is 4.79 Å². The molecule has 1 aliphatic heterocycles. The smallest absolute Gasteiger partial charge is 0.303 e. The van der Waals surface area contributed by atoms with Crippen molar-refractivity contribution in [1.82, 2.24) is 14.7 Å². The minimum absolute atomic E-state index is 0.122. The number of halogens is 1. The summed E-state index contributed by atoms with van der Waals surface area (Å²) < 4.78 is 15.5. The summed E-state index contributed by atoms with van der Waals surface area (Å²) >= 11 is 0. The van der Waals surface area contributed by atoms with E-state index in [0.717, 1.165) is 12.8 Å². The van der Waals surface area contributed by atoms with Gasteiger partial charge in [0.05, 0.1) is 17.5 Å². The second kappa shape index (κ2) is 7.68. The molecule has 1 saturated heterocycles. The van der Waals surface area contributed by atoms with Crippen molar-refractivity contribution in [2.24, 2.45) is 5.92 Å². The summed E-state index contributed by atoms with van der Waals surface area (Å²) in [6.45, 7) is 2.95. The van der Waals surface area contributed by atoms with Gasteiger partial charge in [0, 0.05) is 19.5 Å². The molecule has 1 amide bonds. The molecule has 0 aliphatic carbocycles. The number of rotatable bonds is 5. The Morgan fingerprint density at radius 3 is 2.85 bits per heavy atom. The fraction of sp³-hybridized carbons (Fsp3) is 0.421. The third-order valence-corrected chi connectivity index (χ3v) is 4.89. The molecule has 2 aromatic rings. The zero-order valence-corrected chi connectivity index (χ0v) is 14.7. The number of carbonyl (C=O) groups is 2. The van der Waals surface area contributed by atoms with E-state index in [-0.39, 0.29) is 18.2 Å². The fourth-order valence-electron chi connectivity index (χ4n) is 3.47. The Labute approximate surface area is 151 Å². The average Bonchev–Trinajstić information content (AvgIpc) is 3.01. The molecule has 0 radical (unpaired) electrons. The lowest BCUT2D eigenvalue weighted by Crippen LogP contribution is -2.40. The number of nitrogens with zero attached hydrogens (tertiary/aromatic N) is 3. The lowest BCUT2D eigenvalue weighted by molar-refractivity contribution is -0.137. The Morgan fingerprint density at radius 1 is 1.35 bits per heavy atom. The van der Waals surface area contributed by atoms with Crippen LogP contribution in [0.1, 0.15) is 41.7 Å². The monoisotopic (exact) mass is 359 g/mol. The molecular weight excluding hydrogens is 337 g/mol. The normalized spacial score (nSPS) is 17.3. The Bertz CT molecular complexity index is 818. The van der Waals surface area contributed by atoms with Gasteiger partial charge in [-0.25, -0.2) is 9.07 Å². The van der Waals surface area contributed by atoms with Gasteiger partial charge in [-0.3, -0.25) is 9.59 Å². The predicted molar refractivity (Wildman–Crippen MR) is 93.8 cm³/mol. The number of benzene rings is 1. The number of carboxylic acids is 1. The summed E-state index contributed by atoms with van der Waals surface area (Å²) in [5.41, 5.74) is 1.35. The van der Waals surface area contributed by atoms with E-state index < -0.39 is 11.8 Å². The van der Waals surface area contributed by atoms with E-state index in [1.165, 1.54) is 16.9 Å². The maximum absolute atomic E-state index is 14.0. The Hall–Kier alpha value is -2.70. The highest BCUT2D eigenvalue weighted by Gasteiger charge is 2.27. The number of carboxylic acid groups (broad SMARTS) is 1. The predicted octanol–water partition coefficient (Wildman–Crippen LogP) is 3.04. The van der Waals surface area contributed by atoms with Gasteiger partial charge in [0.15, 0.2) is 0 Å². The second-order valence-electron chi connectivity index (χ2n) is 6.70. The molecule has 6 nitrogen and oxygen atoms in total. The van der Waals surface area contributed by atoms with Gasteiger partial charge < -0.3 is 10.0 Å². The summed E-state index contributed by atoms with van der Waals surface area (Å²) in [7, 11) is 0. The van der Waals surface area contributed by atoms with Crippen LogP contribution in [0.5, 0.6) is 0 Å². The molecule has 1 aromatic carbocycles. The number of aromatic nitrogens is 2. The van der Waals surface area contributed by atoms with E-state index in [9.17, 15) is 14.0 Å². The fourth-order valence-corrected chi connectivity index (χ4v) is 3.47. The van der Waals surface area contributed by atoms with Gasteiger partial charge in [-0.2, -0.15) is 5.10 Å². The van der Waals surface area contributed by atoms with Crippen LogP contribution in [0.3, 0.4) is 0 Å². The molecule has 0 saturated carbocycles. The highest BCUT2D eigenvalue weighted by Crippen LogP contribution is 2.24. The van der Waals surface area contributed by atoms with Crippen LogP contribution >= 0.6 is 0 Å². The first-order valence-corrected chi connectivity index (χ1v) is 8.78. The average molecular weight is 359 g/mol. The summed E-state index contributed by atoms with van der Waals surface area (Å²) in [5.74, 6) is -1.14. The molecule has 1 aliphatic rings. The third-order valence-electron chi connectivity index (χ3n) is 4.89. The molecule has 0 spiro atoms. The Kier molecular flexibility index (Phi) is 5.35. The van der Waals surface area contributed by atoms with E-state index in [1.807, 2.05) is 0 Å². The van der Waals surface area contributed by atoms with Gasteiger partial charge in [0.1, 0.15) is 11.5 Å². The number of likely N-dealkylation sites (tertiary alicyclic amines) is 1. The van der Waals surface area contributed by atoms with Gasteiger partial charge in [0.25, 0.3) is 5.91 Å². The number of piperidine rings is 1. The van der Waals surface area contributed by atoms with Gasteiger partial charge in [-0.1, -0.05) is 12.1 Å². The molecule has 7 heteroatoms. The number of carbonyl (C=O) groups excluding carboxylic acids is 1. The van der Waals surface area contributed by atoms with Crippen molar-refractivity contribution in [3.05, 3.63) is 47.5 Å². The number of para-hydroxylation sites is 1. The van der Waals surface area contributed by atoms with Crippen LogP contribution in [0.25, 0.3) is 5.69 Å². The Morgan fingerprint density at radius 2 is 2.12 bits per heavy atom. The lowest BCUT2D eigenvalue weighted by atomic mass is 9.93. The minimum Gasteiger partial charge on any atom is -0.481 e. The molecule has 138 valence electrons. The van der Waals surface area contributed by atoms with Crippen LogP contribution in [0.4, 0.5) is 4.39 Å². The van der Waals surface area contributed by atoms with E-state index in [1.54, 1.807) is 30.0 Å². The standard InChI is InChI=1S/C19H22FN3O3/c1-13-15(11-21-23(13)17-7-3-2-6-16(17)20)19(26)22-10-4-5-14(12-22)8-9-18(24)25/h2-3,6-7,11,14H,4-5,8-10,12H2,1H3,(H,24,25)/t14-/m1/s1. The van der Waals surface area contributed by atoms with E-state index in [4.69, 9.17) is 5.11 Å². The van der Waals surface area contributed by atoms with Crippen molar-refractivity contribution < 1.29 is 19.1 Å². The van der Waals surface area contributed by atoms with Crippen molar-refractivity contribution in [3.63, 3.8) is 0 Å². The van der Waals surface area contributed by atoms with Gasteiger partial charge in [-0.15, -0.1) is 0 Å². The maximum Gasteiger partial charge on any atom is 0.303 e. The number of amides is 1. The zero-order valence-electron chi connectivity index (χ0n) is 14.7. The van der Waals surface area contributed by atoms with Crippen molar-refractivity contribution in [2.45, 2.75) is 32.6 Å². The van der Waals surface area contributed by atoms with Crippen LogP contribution in [-0.4, -0.2) is 44.8 Å². The minimum atomic E-state index is -0.810. The van der Waals surface area contributed by atoms with Crippen molar-refractivity contribution in [3.8, 4) is 5.69 Å². The number of hydrogen-bond acceptors (Lipinski definition) is 3. The van der Waals surface area contributed by atoms with Crippen LogP contribution in [0.2, 0.25) is 0 Å². The second-order valence-corrected chi connectivity index (χ2v) is 6.70. The molecule has 3 rings (SSSR count). The van der Waals surface area contributed by atoms with Crippen LogP contribution in [0, 0.1) is 18.7 Å². The number of hydrogen-bond donors (Lipinski definition) is 1. The maximum atomic E-state index is 14.0.